The second-order valence-electron chi connectivity index (χ2n) is 31.4. The molecule has 0 saturated carbocycles. The monoisotopic (exact) mass is 1550 g/mol. The molecule has 0 unspecified atom stereocenters. The van der Waals surface area contributed by atoms with E-state index in [9.17, 15) is 28.0 Å². The maximum Gasteiger partial charge on any atom is 0.308 e. The Hall–Kier alpha value is -9.10. The first kappa shape index (κ1) is 88.5. The molecule has 0 radical (unpaired) electrons. The maximum absolute atomic E-state index is 14.7. The highest BCUT2D eigenvalue weighted by Gasteiger charge is 2.41. The van der Waals surface area contributed by atoms with Gasteiger partial charge in [0.05, 0.1) is 79.6 Å². The van der Waals surface area contributed by atoms with Gasteiger partial charge in [-0.05, 0) is 220 Å². The number of benzene rings is 6. The Bertz CT molecular complexity index is 4010. The molecule has 22 heteroatoms. The number of nitrogens with two attached hydrogens (primary N) is 1. The van der Waals surface area contributed by atoms with E-state index in [4.69, 9.17) is 58.2 Å². The van der Waals surface area contributed by atoms with E-state index in [0.29, 0.717) is 119 Å². The van der Waals surface area contributed by atoms with Crippen LogP contribution in [0.3, 0.4) is 0 Å². The highest BCUT2D eigenvalue weighted by Crippen LogP contribution is 2.46. The molecule has 4 heterocycles. The highest BCUT2D eigenvalue weighted by molar-refractivity contribution is 6.13. The number of hydrogen-bond acceptors (Lipinski definition) is 16. The summed E-state index contributed by atoms with van der Waals surface area (Å²) in [6.45, 7) is 33.2. The molecule has 4 atom stereocenters. The number of aromatic nitrogens is 2. The summed E-state index contributed by atoms with van der Waals surface area (Å²) in [5.41, 5.74) is 14.7. The zero-order valence-corrected chi connectivity index (χ0v) is 68.2. The molecule has 2 amide bonds. The molecule has 112 heavy (non-hydrogen) atoms. The van der Waals surface area contributed by atoms with Crippen molar-refractivity contribution in [2.24, 2.45) is 5.73 Å². The number of esters is 2. The standard InChI is InChI=1S/C45H57FN2O7.C44H56FN3O7.CH4O/c1-9-25-51-26-27-52-35-21-19-34(20-22-35)47-43(50)40-39(31-13-11-10-12-14-31)42(32-15-17-33(46)18-16-32)48(41(40)30(2)3)24-23-36-28-37(54-45(7,8)53-36)29-38(49)55-44(4,5)6;1-29(2)40-39(42(50)47-33-17-19-34(20-18-33)52-26-25-51-24-22-46)38(30-11-9-8-10-12-30)41(31-13-15-32(45)16-14-31)48(40)23-21-35-27-36(54-44(6,7)53-35)28-37(49)55-43(3,4)5;1-2/h10-22,30,36-37H,9,23-29H2,1-8H3,(H,47,50);8-20,29,35-36H,21-28,46H2,1-7H3,(H,47,50);2H,1H3/t36-,37-;35-,36-;/m11./s1. The number of carbonyl (C=O) groups excluding carboxylic acids is 4. The second-order valence-corrected chi connectivity index (χ2v) is 31.4. The van der Waals surface area contributed by atoms with E-state index in [1.54, 1.807) is 48.5 Å². The summed E-state index contributed by atoms with van der Waals surface area (Å²) in [4.78, 5) is 54.9. The zero-order chi connectivity index (χ0) is 81.5. The Morgan fingerprint density at radius 3 is 1.17 bits per heavy atom. The van der Waals surface area contributed by atoms with Crippen LogP contribution < -0.4 is 25.8 Å². The summed E-state index contributed by atoms with van der Waals surface area (Å²) in [6.07, 6.45) is 2.01. The van der Waals surface area contributed by atoms with Gasteiger partial charge in [-0.1, -0.05) is 95.3 Å². The predicted molar refractivity (Wildman–Crippen MR) is 435 cm³/mol. The van der Waals surface area contributed by atoms with Crippen LogP contribution in [0, 0.1) is 11.6 Å². The molecule has 2 aliphatic heterocycles. The van der Waals surface area contributed by atoms with E-state index < -0.39 is 28.9 Å². The molecule has 606 valence electrons. The molecule has 20 nitrogen and oxygen atoms in total. The van der Waals surface area contributed by atoms with Crippen LogP contribution in [0.25, 0.3) is 44.8 Å². The van der Waals surface area contributed by atoms with Gasteiger partial charge in [0.15, 0.2) is 11.6 Å². The third kappa shape index (κ3) is 26.0. The lowest BCUT2D eigenvalue weighted by Crippen LogP contribution is -2.46. The van der Waals surface area contributed by atoms with Crippen molar-refractivity contribution < 1.29 is 80.4 Å². The average Bonchev–Trinajstić information content (AvgIpc) is 1.59. The van der Waals surface area contributed by atoms with Crippen molar-refractivity contribution in [2.45, 2.75) is 221 Å². The van der Waals surface area contributed by atoms with Crippen LogP contribution in [0.15, 0.2) is 158 Å². The van der Waals surface area contributed by atoms with Gasteiger partial charge in [-0.25, -0.2) is 8.78 Å². The number of halogens is 2. The number of carbonyl (C=O) groups is 4. The van der Waals surface area contributed by atoms with Crippen LogP contribution in [-0.4, -0.2) is 138 Å². The fourth-order valence-electron chi connectivity index (χ4n) is 14.2. The van der Waals surface area contributed by atoms with Gasteiger partial charge in [-0.3, -0.25) is 19.2 Å². The van der Waals surface area contributed by atoms with E-state index in [-0.39, 0.29) is 78.4 Å². The van der Waals surface area contributed by atoms with Crippen molar-refractivity contribution >= 4 is 35.1 Å². The van der Waals surface area contributed by atoms with E-state index in [0.717, 1.165) is 69.7 Å². The summed E-state index contributed by atoms with van der Waals surface area (Å²) >= 11 is 0. The normalized spacial score (nSPS) is 16.7. The predicted octanol–water partition coefficient (Wildman–Crippen LogP) is 18.5. The zero-order valence-electron chi connectivity index (χ0n) is 68.2. The van der Waals surface area contributed by atoms with Crippen molar-refractivity contribution in [1.82, 2.24) is 9.13 Å². The molecule has 2 fully saturated rings. The smallest absolute Gasteiger partial charge is 0.308 e. The second kappa shape index (κ2) is 41.1. The van der Waals surface area contributed by atoms with Crippen molar-refractivity contribution in [3.63, 3.8) is 0 Å². The van der Waals surface area contributed by atoms with Crippen LogP contribution in [0.1, 0.15) is 193 Å². The Balaban J connectivity index is 0.000000275. The van der Waals surface area contributed by atoms with Gasteiger partial charge >= 0.3 is 11.9 Å². The first-order valence-corrected chi connectivity index (χ1v) is 39.0. The molecule has 2 aromatic heterocycles. The van der Waals surface area contributed by atoms with Crippen LogP contribution in [-0.2, 0) is 60.6 Å². The molecule has 0 bridgehead atoms. The molecular formula is C90H117F2N5O15. The van der Waals surface area contributed by atoms with Gasteiger partial charge in [0.1, 0.15) is 47.5 Å². The van der Waals surface area contributed by atoms with Gasteiger partial charge in [0.2, 0.25) is 0 Å². The average molecular weight is 1550 g/mol. The van der Waals surface area contributed by atoms with Crippen molar-refractivity contribution in [3.8, 4) is 56.3 Å². The van der Waals surface area contributed by atoms with Crippen molar-refractivity contribution in [3.05, 3.63) is 192 Å². The topological polar surface area (TPSA) is 241 Å². The SMILES string of the molecule is CC(C)c1c(C(=O)Nc2ccc(OCCOCCN)cc2)c(-c2ccccc2)c(-c2ccc(F)cc2)n1CC[C@@H]1C[C@H](CC(=O)OC(C)(C)C)OC(C)(C)O1.CCCOCCOc1ccc(NC(=O)c2c(-c3ccccc3)c(-c3ccc(F)cc3)n(CC[C@@H]3C[C@H](CC(=O)OC(C)(C)C)OC(C)(C)O3)c2C(C)C)cc1.CO. The van der Waals surface area contributed by atoms with Crippen LogP contribution in [0.4, 0.5) is 20.2 Å². The summed E-state index contributed by atoms with van der Waals surface area (Å²) < 4.78 is 92.1. The maximum atomic E-state index is 14.7. The van der Waals surface area contributed by atoms with Gasteiger partial charge in [0, 0.05) is 80.1 Å². The third-order valence-corrected chi connectivity index (χ3v) is 18.2. The first-order valence-electron chi connectivity index (χ1n) is 39.0. The Kier molecular flexibility index (Phi) is 32.5. The summed E-state index contributed by atoms with van der Waals surface area (Å²) in [7, 11) is 1.00. The fourth-order valence-corrected chi connectivity index (χ4v) is 14.2. The van der Waals surface area contributed by atoms with Crippen LogP contribution in [0.2, 0.25) is 0 Å². The molecule has 10 rings (SSSR count). The number of aliphatic hydroxyl groups excluding tert-OH is 1. The summed E-state index contributed by atoms with van der Waals surface area (Å²) in [5.74, 6) is -2.53. The lowest BCUT2D eigenvalue weighted by atomic mass is 9.94. The van der Waals surface area contributed by atoms with Gasteiger partial charge in [-0.2, -0.15) is 0 Å². The minimum Gasteiger partial charge on any atom is -0.491 e. The largest absolute Gasteiger partial charge is 0.491 e. The summed E-state index contributed by atoms with van der Waals surface area (Å²) in [6, 6.07) is 47.0. The van der Waals surface area contributed by atoms with Crippen LogP contribution in [0.5, 0.6) is 11.5 Å². The summed E-state index contributed by atoms with van der Waals surface area (Å²) in [5, 5.41) is 13.3. The van der Waals surface area contributed by atoms with Gasteiger partial charge in [-0.15, -0.1) is 0 Å². The highest BCUT2D eigenvalue weighted by atomic mass is 19.1. The molecule has 0 aliphatic carbocycles. The number of rotatable bonds is 32. The quantitative estimate of drug-likeness (QED) is 0.0226. The van der Waals surface area contributed by atoms with Gasteiger partial charge in [0.25, 0.3) is 11.8 Å². The number of aliphatic hydroxyl groups is 1. The van der Waals surface area contributed by atoms with Crippen LogP contribution >= 0.6 is 0 Å². The number of ether oxygens (including phenoxy) is 10. The minimum atomic E-state index is -0.925. The number of nitrogens with one attached hydrogen (secondary N) is 2. The molecule has 0 spiro atoms. The lowest BCUT2D eigenvalue weighted by Gasteiger charge is -2.41. The van der Waals surface area contributed by atoms with E-state index >= 15 is 0 Å². The fraction of sp³-hybridized carbons (Fsp3) is 0.467. The van der Waals surface area contributed by atoms with E-state index in [2.05, 4.69) is 54.4 Å². The van der Waals surface area contributed by atoms with Crippen molar-refractivity contribution in [2.75, 3.05) is 63.9 Å². The van der Waals surface area contributed by atoms with E-state index in [1.165, 1.54) is 24.3 Å². The Labute approximate surface area is 660 Å². The van der Waals surface area contributed by atoms with Gasteiger partial charge < -0.3 is 78.0 Å². The first-order chi connectivity index (χ1) is 53.3. The Morgan fingerprint density at radius 2 is 0.839 bits per heavy atom. The Morgan fingerprint density at radius 1 is 0.491 bits per heavy atom. The molecule has 5 N–H and O–H groups in total. The third-order valence-electron chi connectivity index (χ3n) is 18.2. The molecule has 2 saturated heterocycles. The molecular weight excluding hydrogens is 1430 g/mol. The minimum absolute atomic E-state index is 0.0740. The molecule has 6 aromatic carbocycles. The van der Waals surface area contributed by atoms with Crippen molar-refractivity contribution in [1.29, 1.82) is 0 Å². The number of anilines is 2. The molecule has 8 aromatic rings. The number of nitrogens with zero attached hydrogens (tertiary/aromatic N) is 2. The lowest BCUT2D eigenvalue weighted by molar-refractivity contribution is -0.301. The molecule has 2 aliphatic rings. The number of hydrogen-bond donors (Lipinski definition) is 4. The number of amides is 2. The van der Waals surface area contributed by atoms with E-state index in [1.807, 2.05) is 154 Å².